The number of rotatable bonds is 1. The highest BCUT2D eigenvalue weighted by atomic mass is 19.4. The molecule has 18 heavy (non-hydrogen) atoms. The van der Waals surface area contributed by atoms with Crippen LogP contribution in [0.4, 0.5) is 18.9 Å². The predicted molar refractivity (Wildman–Crippen MR) is 56.0 cm³/mol. The summed E-state index contributed by atoms with van der Waals surface area (Å²) in [5, 5.41) is 11.9. The van der Waals surface area contributed by atoms with Gasteiger partial charge in [-0.2, -0.15) is 13.2 Å². The number of alkyl halides is 3. The van der Waals surface area contributed by atoms with Gasteiger partial charge in [-0.15, -0.1) is 0 Å². The number of nitrogens with two attached hydrogens (primary N) is 1. The van der Waals surface area contributed by atoms with Crippen molar-refractivity contribution in [2.45, 2.75) is 19.1 Å². The molecule has 0 atom stereocenters. The van der Waals surface area contributed by atoms with Crippen LogP contribution in [0.25, 0.3) is 0 Å². The number of nitrogens with one attached hydrogen (secondary N) is 1. The maximum atomic E-state index is 12.7. The molecule has 0 saturated heterocycles. The highest BCUT2D eigenvalue weighted by Gasteiger charge is 2.39. The van der Waals surface area contributed by atoms with Crippen LogP contribution in [-0.2, 0) is 19.1 Å². The van der Waals surface area contributed by atoms with Crippen LogP contribution in [0.15, 0.2) is 0 Å². The molecule has 98 valence electrons. The van der Waals surface area contributed by atoms with Crippen molar-refractivity contribution in [3.05, 3.63) is 22.5 Å². The highest BCUT2D eigenvalue weighted by Crippen LogP contribution is 2.36. The van der Waals surface area contributed by atoms with Crippen molar-refractivity contribution >= 4 is 11.7 Å². The number of anilines is 1. The summed E-state index contributed by atoms with van der Waals surface area (Å²) in [6.07, 6.45) is -4.51. The van der Waals surface area contributed by atoms with E-state index in [0.717, 1.165) is 0 Å². The van der Waals surface area contributed by atoms with Crippen molar-refractivity contribution in [1.82, 2.24) is 10.3 Å². The van der Waals surface area contributed by atoms with Gasteiger partial charge < -0.3 is 16.2 Å². The van der Waals surface area contributed by atoms with Gasteiger partial charge in [0.2, 0.25) is 0 Å². The largest absolute Gasteiger partial charge is 0.478 e. The van der Waals surface area contributed by atoms with Crippen LogP contribution in [0.5, 0.6) is 0 Å². The normalized spacial score (nSPS) is 15.3. The Kier molecular flexibility index (Phi) is 2.89. The molecule has 1 aromatic heterocycles. The van der Waals surface area contributed by atoms with E-state index in [-0.39, 0.29) is 24.2 Å². The Hall–Kier alpha value is -1.83. The van der Waals surface area contributed by atoms with Gasteiger partial charge in [-0.25, -0.2) is 9.78 Å². The van der Waals surface area contributed by atoms with Gasteiger partial charge in [-0.3, -0.25) is 0 Å². The molecule has 1 aliphatic rings. The molecule has 0 saturated carbocycles. The van der Waals surface area contributed by atoms with Gasteiger partial charge in [-0.05, 0) is 0 Å². The summed E-state index contributed by atoms with van der Waals surface area (Å²) in [5.74, 6) is -1.47. The molecule has 0 spiro atoms. The van der Waals surface area contributed by atoms with E-state index in [2.05, 4.69) is 10.3 Å². The van der Waals surface area contributed by atoms with Crippen molar-refractivity contribution in [2.24, 2.45) is 0 Å². The van der Waals surface area contributed by atoms with Crippen molar-refractivity contribution < 1.29 is 23.1 Å². The monoisotopic (exact) mass is 261 g/mol. The SMILES string of the molecule is Nc1c(C(F)(F)F)nc2c(c1C(=O)O)CNCC2. The lowest BCUT2D eigenvalue weighted by Gasteiger charge is -2.22. The molecule has 0 aromatic carbocycles. The van der Waals surface area contributed by atoms with E-state index >= 15 is 0 Å². The van der Waals surface area contributed by atoms with Crippen LogP contribution >= 0.6 is 0 Å². The summed E-state index contributed by atoms with van der Waals surface area (Å²) >= 11 is 0. The number of carboxylic acids is 1. The zero-order chi connectivity index (χ0) is 13.5. The van der Waals surface area contributed by atoms with Gasteiger partial charge in [0.25, 0.3) is 0 Å². The van der Waals surface area contributed by atoms with E-state index in [0.29, 0.717) is 6.54 Å². The van der Waals surface area contributed by atoms with Crippen LogP contribution in [0.1, 0.15) is 27.3 Å². The number of nitrogen functional groups attached to an aromatic ring is 1. The quantitative estimate of drug-likeness (QED) is 0.702. The number of aromatic nitrogens is 1. The molecular weight excluding hydrogens is 251 g/mol. The highest BCUT2D eigenvalue weighted by molar-refractivity contribution is 5.96. The second kappa shape index (κ2) is 4.13. The number of nitrogens with zero attached hydrogens (tertiary/aromatic N) is 1. The molecule has 0 fully saturated rings. The average molecular weight is 261 g/mol. The number of hydrogen-bond donors (Lipinski definition) is 3. The van der Waals surface area contributed by atoms with Gasteiger partial charge in [0.05, 0.1) is 11.3 Å². The summed E-state index contributed by atoms with van der Waals surface area (Å²) in [6, 6.07) is 0. The van der Waals surface area contributed by atoms with E-state index < -0.39 is 29.1 Å². The Labute approximate surface area is 99.8 Å². The number of fused-ring (bicyclic) bond motifs is 1. The van der Waals surface area contributed by atoms with Crippen LogP contribution in [0.3, 0.4) is 0 Å². The second-order valence-electron chi connectivity index (χ2n) is 3.90. The Morgan fingerprint density at radius 1 is 1.44 bits per heavy atom. The number of aromatic carboxylic acids is 1. The fourth-order valence-electron chi connectivity index (χ4n) is 1.97. The minimum absolute atomic E-state index is 0.146. The number of pyridine rings is 1. The number of carboxylic acid groups (broad SMARTS) is 1. The maximum Gasteiger partial charge on any atom is 0.435 e. The Balaban J connectivity index is 2.73. The summed E-state index contributed by atoms with van der Waals surface area (Å²) < 4.78 is 38.1. The first-order valence-corrected chi connectivity index (χ1v) is 5.14. The van der Waals surface area contributed by atoms with Crippen molar-refractivity contribution in [3.8, 4) is 0 Å². The minimum atomic E-state index is -4.76. The van der Waals surface area contributed by atoms with Crippen molar-refractivity contribution in [2.75, 3.05) is 12.3 Å². The summed E-state index contributed by atoms with van der Waals surface area (Å²) in [6.45, 7) is 0.618. The second-order valence-corrected chi connectivity index (χ2v) is 3.90. The standard InChI is InChI=1S/C10H10F3N3O2/c11-10(12,13)8-7(14)6(9(17)18)4-3-15-2-1-5(4)16-8/h15H,1-3,14H2,(H,17,18). The minimum Gasteiger partial charge on any atom is -0.478 e. The third-order valence-corrected chi connectivity index (χ3v) is 2.74. The molecule has 5 nitrogen and oxygen atoms in total. The molecule has 0 bridgehead atoms. The molecule has 0 aliphatic carbocycles. The summed E-state index contributed by atoms with van der Waals surface area (Å²) in [4.78, 5) is 14.5. The van der Waals surface area contributed by atoms with E-state index in [4.69, 9.17) is 10.8 Å². The lowest BCUT2D eigenvalue weighted by Crippen LogP contribution is -2.29. The van der Waals surface area contributed by atoms with E-state index in [1.807, 2.05) is 0 Å². The van der Waals surface area contributed by atoms with Crippen LogP contribution in [-0.4, -0.2) is 22.6 Å². The first-order valence-electron chi connectivity index (χ1n) is 5.14. The summed E-state index contributed by atoms with van der Waals surface area (Å²) in [5.41, 5.74) is 3.04. The van der Waals surface area contributed by atoms with E-state index in [1.165, 1.54) is 0 Å². The summed E-state index contributed by atoms with van der Waals surface area (Å²) in [7, 11) is 0. The molecule has 1 aliphatic heterocycles. The number of halogens is 3. The third kappa shape index (κ3) is 1.99. The predicted octanol–water partition coefficient (Wildman–Crippen LogP) is 1.03. The fourth-order valence-corrected chi connectivity index (χ4v) is 1.97. The van der Waals surface area contributed by atoms with Gasteiger partial charge >= 0.3 is 12.1 Å². The van der Waals surface area contributed by atoms with Crippen LogP contribution < -0.4 is 11.1 Å². The zero-order valence-corrected chi connectivity index (χ0v) is 9.14. The van der Waals surface area contributed by atoms with Crippen LogP contribution in [0.2, 0.25) is 0 Å². The lowest BCUT2D eigenvalue weighted by molar-refractivity contribution is -0.140. The van der Waals surface area contributed by atoms with E-state index in [1.54, 1.807) is 0 Å². The lowest BCUT2D eigenvalue weighted by atomic mass is 9.98. The van der Waals surface area contributed by atoms with E-state index in [9.17, 15) is 18.0 Å². The average Bonchev–Trinajstić information content (AvgIpc) is 2.26. The topological polar surface area (TPSA) is 88.2 Å². The van der Waals surface area contributed by atoms with Crippen LogP contribution in [0, 0.1) is 0 Å². The zero-order valence-electron chi connectivity index (χ0n) is 9.14. The Morgan fingerprint density at radius 2 is 2.11 bits per heavy atom. The van der Waals surface area contributed by atoms with Gasteiger partial charge in [0.1, 0.15) is 0 Å². The number of hydrogen-bond acceptors (Lipinski definition) is 4. The molecule has 0 unspecified atom stereocenters. The molecular formula is C10H10F3N3O2. The van der Waals surface area contributed by atoms with Crippen molar-refractivity contribution in [1.29, 1.82) is 0 Å². The first-order chi connectivity index (χ1) is 8.32. The molecule has 0 amide bonds. The maximum absolute atomic E-state index is 12.7. The first kappa shape index (κ1) is 12.6. The molecule has 4 N–H and O–H groups in total. The molecule has 2 rings (SSSR count). The fraction of sp³-hybridized carbons (Fsp3) is 0.400. The van der Waals surface area contributed by atoms with Gasteiger partial charge in [0.15, 0.2) is 5.69 Å². The third-order valence-electron chi connectivity index (χ3n) is 2.74. The van der Waals surface area contributed by atoms with Gasteiger partial charge in [-0.1, -0.05) is 0 Å². The molecule has 1 aromatic rings. The Morgan fingerprint density at radius 3 is 2.67 bits per heavy atom. The van der Waals surface area contributed by atoms with Crippen molar-refractivity contribution in [3.63, 3.8) is 0 Å². The molecule has 2 heterocycles. The smallest absolute Gasteiger partial charge is 0.435 e. The van der Waals surface area contributed by atoms with Gasteiger partial charge in [0, 0.05) is 30.8 Å². The number of carbonyl (C=O) groups is 1. The molecule has 0 radical (unpaired) electrons. The Bertz CT molecular complexity index is 514. The molecule has 8 heteroatoms.